The van der Waals surface area contributed by atoms with E-state index in [1.54, 1.807) is 30.6 Å². The molecule has 1 aliphatic carbocycles. The standard InChI is InChI=1S/C25H29NO6/c1-5-15(6-2)17-10-18-23(28)22-20(32-25(18,4)21(11-17)30-14(3)27)12-19(31-24(22)29)16-8-7-9-26-13-16/h7-9,12-13,15,17-18,21H,5-6,10-11H2,1-4H3/t17-,18-,21-,25-/m0/s1. The van der Waals surface area contributed by atoms with E-state index in [-0.39, 0.29) is 28.8 Å². The number of hydrogen-bond acceptors (Lipinski definition) is 7. The number of ether oxygens (including phenoxy) is 2. The lowest BCUT2D eigenvalue weighted by molar-refractivity contribution is -0.174. The molecule has 0 saturated heterocycles. The van der Waals surface area contributed by atoms with Gasteiger partial charge < -0.3 is 13.9 Å². The lowest BCUT2D eigenvalue weighted by Gasteiger charge is -2.51. The van der Waals surface area contributed by atoms with Gasteiger partial charge in [-0.15, -0.1) is 0 Å². The Balaban J connectivity index is 1.80. The van der Waals surface area contributed by atoms with E-state index in [4.69, 9.17) is 13.9 Å². The van der Waals surface area contributed by atoms with Gasteiger partial charge in [0.25, 0.3) is 0 Å². The van der Waals surface area contributed by atoms with Gasteiger partial charge in [-0.25, -0.2) is 4.79 Å². The van der Waals surface area contributed by atoms with E-state index in [1.165, 1.54) is 6.92 Å². The van der Waals surface area contributed by atoms with Crippen LogP contribution in [0.4, 0.5) is 0 Å². The number of aromatic nitrogens is 1. The molecule has 0 unspecified atom stereocenters. The van der Waals surface area contributed by atoms with Gasteiger partial charge in [-0.05, 0) is 43.7 Å². The van der Waals surface area contributed by atoms with Gasteiger partial charge in [-0.3, -0.25) is 14.6 Å². The van der Waals surface area contributed by atoms with Crippen molar-refractivity contribution in [2.75, 3.05) is 0 Å². The van der Waals surface area contributed by atoms with Gasteiger partial charge in [0.2, 0.25) is 0 Å². The molecule has 0 bridgehead atoms. The molecule has 3 heterocycles. The maximum absolute atomic E-state index is 13.6. The van der Waals surface area contributed by atoms with Gasteiger partial charge in [-0.2, -0.15) is 0 Å². The third-order valence-corrected chi connectivity index (χ3v) is 7.16. The molecule has 170 valence electrons. The second-order valence-electron chi connectivity index (χ2n) is 8.99. The molecule has 2 aliphatic rings. The fraction of sp³-hybridized carbons (Fsp3) is 0.520. The van der Waals surface area contributed by atoms with Gasteiger partial charge in [0.05, 0.1) is 5.92 Å². The van der Waals surface area contributed by atoms with Gasteiger partial charge in [0.1, 0.15) is 23.2 Å². The summed E-state index contributed by atoms with van der Waals surface area (Å²) in [5.74, 6) is -0.266. The number of Topliss-reactive ketones (excluding diaryl/α,β-unsaturated/α-hetero) is 1. The summed E-state index contributed by atoms with van der Waals surface area (Å²) >= 11 is 0. The average Bonchev–Trinajstić information content (AvgIpc) is 2.76. The van der Waals surface area contributed by atoms with Crippen LogP contribution in [-0.2, 0) is 9.53 Å². The Morgan fingerprint density at radius 1 is 1.28 bits per heavy atom. The number of hydrogen-bond donors (Lipinski definition) is 0. The summed E-state index contributed by atoms with van der Waals surface area (Å²) in [6.45, 7) is 7.44. The average molecular weight is 440 g/mol. The molecule has 7 heteroatoms. The normalized spacial score (nSPS) is 26.8. The Morgan fingerprint density at radius 2 is 2.03 bits per heavy atom. The van der Waals surface area contributed by atoms with Crippen molar-refractivity contribution < 1.29 is 23.5 Å². The molecule has 2 aromatic rings. The SMILES string of the molecule is CCC(CC)[C@@H]1C[C@H](OC(C)=O)[C@@]2(C)Oc3cc(-c4cccnc4)oc(=O)c3C(=O)[C@@H]2C1. The van der Waals surface area contributed by atoms with Crippen molar-refractivity contribution >= 4 is 11.8 Å². The van der Waals surface area contributed by atoms with E-state index in [2.05, 4.69) is 18.8 Å². The first-order valence-corrected chi connectivity index (χ1v) is 11.3. The maximum atomic E-state index is 13.6. The Labute approximate surface area is 187 Å². The number of esters is 1. The lowest BCUT2D eigenvalue weighted by atomic mass is 9.62. The predicted molar refractivity (Wildman–Crippen MR) is 117 cm³/mol. The number of rotatable bonds is 5. The summed E-state index contributed by atoms with van der Waals surface area (Å²) in [6, 6.07) is 5.05. The van der Waals surface area contributed by atoms with Crippen molar-refractivity contribution in [3.8, 4) is 17.1 Å². The topological polar surface area (TPSA) is 95.7 Å². The van der Waals surface area contributed by atoms with Crippen molar-refractivity contribution in [2.45, 2.75) is 65.1 Å². The van der Waals surface area contributed by atoms with Crippen LogP contribution in [0.3, 0.4) is 0 Å². The van der Waals surface area contributed by atoms with E-state index >= 15 is 0 Å². The zero-order chi connectivity index (χ0) is 23.0. The first kappa shape index (κ1) is 22.2. The summed E-state index contributed by atoms with van der Waals surface area (Å²) < 4.78 is 17.6. The Morgan fingerprint density at radius 3 is 2.66 bits per heavy atom. The highest BCUT2D eigenvalue weighted by molar-refractivity contribution is 6.02. The molecule has 4 atom stereocenters. The second-order valence-corrected chi connectivity index (χ2v) is 8.99. The van der Waals surface area contributed by atoms with Crippen molar-refractivity contribution in [3.05, 3.63) is 46.6 Å². The second kappa shape index (κ2) is 8.52. The molecule has 0 aromatic carbocycles. The minimum Gasteiger partial charge on any atom is -0.482 e. The van der Waals surface area contributed by atoms with Crippen LogP contribution in [0.15, 0.2) is 39.8 Å². The molecule has 4 rings (SSSR count). The molecule has 1 saturated carbocycles. The van der Waals surface area contributed by atoms with Crippen LogP contribution in [0, 0.1) is 17.8 Å². The van der Waals surface area contributed by atoms with Gasteiger partial charge >= 0.3 is 11.6 Å². The number of ketones is 1. The monoisotopic (exact) mass is 439 g/mol. The number of nitrogens with zero attached hydrogens (tertiary/aromatic N) is 1. The minimum atomic E-state index is -1.06. The smallest absolute Gasteiger partial charge is 0.351 e. The number of pyridine rings is 1. The van der Waals surface area contributed by atoms with E-state index in [1.807, 2.05) is 6.92 Å². The Bertz CT molecular complexity index is 1070. The van der Waals surface area contributed by atoms with Crippen LogP contribution in [0.2, 0.25) is 0 Å². The molecule has 2 aromatic heterocycles. The third-order valence-electron chi connectivity index (χ3n) is 7.16. The largest absolute Gasteiger partial charge is 0.482 e. The first-order valence-electron chi connectivity index (χ1n) is 11.3. The van der Waals surface area contributed by atoms with Crippen LogP contribution >= 0.6 is 0 Å². The molecule has 0 spiro atoms. The zero-order valence-electron chi connectivity index (χ0n) is 18.9. The summed E-state index contributed by atoms with van der Waals surface area (Å²) in [5.41, 5.74) is -1.24. The van der Waals surface area contributed by atoms with Crippen LogP contribution < -0.4 is 10.4 Å². The molecular formula is C25H29NO6. The first-order chi connectivity index (χ1) is 15.3. The van der Waals surface area contributed by atoms with E-state index < -0.39 is 29.2 Å². The molecule has 7 nitrogen and oxygen atoms in total. The molecule has 1 fully saturated rings. The van der Waals surface area contributed by atoms with Gasteiger partial charge in [0.15, 0.2) is 11.4 Å². The summed E-state index contributed by atoms with van der Waals surface area (Å²) in [4.78, 5) is 42.5. The summed E-state index contributed by atoms with van der Waals surface area (Å²) in [5, 5.41) is 0. The maximum Gasteiger partial charge on any atom is 0.351 e. The van der Waals surface area contributed by atoms with E-state index in [0.29, 0.717) is 24.3 Å². The third kappa shape index (κ3) is 3.74. The highest BCUT2D eigenvalue weighted by atomic mass is 16.6. The Kier molecular flexibility index (Phi) is 5.93. The van der Waals surface area contributed by atoms with Crippen molar-refractivity contribution in [3.63, 3.8) is 0 Å². The fourth-order valence-electron chi connectivity index (χ4n) is 5.41. The van der Waals surface area contributed by atoms with Crippen molar-refractivity contribution in [1.82, 2.24) is 4.98 Å². The Hall–Kier alpha value is -2.96. The van der Waals surface area contributed by atoms with Crippen LogP contribution in [0.25, 0.3) is 11.3 Å². The molecule has 32 heavy (non-hydrogen) atoms. The molecule has 0 amide bonds. The van der Waals surface area contributed by atoms with Crippen LogP contribution in [0.5, 0.6) is 5.75 Å². The van der Waals surface area contributed by atoms with Crippen molar-refractivity contribution in [2.24, 2.45) is 17.8 Å². The van der Waals surface area contributed by atoms with Crippen molar-refractivity contribution in [1.29, 1.82) is 0 Å². The van der Waals surface area contributed by atoms with E-state index in [0.717, 1.165) is 12.8 Å². The van der Waals surface area contributed by atoms with E-state index in [9.17, 15) is 14.4 Å². The fourth-order valence-corrected chi connectivity index (χ4v) is 5.41. The van der Waals surface area contributed by atoms with Crippen LogP contribution in [-0.4, -0.2) is 28.4 Å². The number of fused-ring (bicyclic) bond motifs is 2. The number of carbonyl (C=O) groups excluding carboxylic acids is 2. The zero-order valence-corrected chi connectivity index (χ0v) is 18.9. The predicted octanol–water partition coefficient (Wildman–Crippen LogP) is 4.43. The lowest BCUT2D eigenvalue weighted by Crippen LogP contribution is -2.62. The minimum absolute atomic E-state index is 0.0631. The molecular weight excluding hydrogens is 410 g/mol. The van der Waals surface area contributed by atoms with Gasteiger partial charge in [0, 0.05) is 30.9 Å². The highest BCUT2D eigenvalue weighted by Gasteiger charge is 2.58. The highest BCUT2D eigenvalue weighted by Crippen LogP contribution is 2.49. The number of carbonyl (C=O) groups is 2. The summed E-state index contributed by atoms with van der Waals surface area (Å²) in [7, 11) is 0. The summed E-state index contributed by atoms with van der Waals surface area (Å²) in [6.07, 6.45) is 5.76. The molecule has 1 aliphatic heterocycles. The molecule has 0 N–H and O–H groups in total. The van der Waals surface area contributed by atoms with Crippen LogP contribution in [0.1, 0.15) is 63.7 Å². The van der Waals surface area contributed by atoms with Gasteiger partial charge in [-0.1, -0.05) is 26.7 Å². The quantitative estimate of drug-likeness (QED) is 0.636. The molecule has 0 radical (unpaired) electrons.